The molecule has 2 aromatic carbocycles. The van der Waals surface area contributed by atoms with E-state index in [9.17, 15) is 9.59 Å². The Morgan fingerprint density at radius 2 is 1.79 bits per heavy atom. The second kappa shape index (κ2) is 9.59. The van der Waals surface area contributed by atoms with Crippen LogP contribution < -0.4 is 10.1 Å². The van der Waals surface area contributed by atoms with Crippen molar-refractivity contribution < 1.29 is 14.3 Å². The van der Waals surface area contributed by atoms with E-state index >= 15 is 0 Å². The molecule has 0 spiro atoms. The molecular formula is C24H30N2O3. The zero-order valence-electron chi connectivity index (χ0n) is 17.4. The van der Waals surface area contributed by atoms with Crippen LogP contribution in [0.2, 0.25) is 0 Å². The number of unbranched alkanes of at least 4 members (excludes halogenated alkanes) is 1. The van der Waals surface area contributed by atoms with Gasteiger partial charge in [0.05, 0.1) is 6.54 Å². The van der Waals surface area contributed by atoms with E-state index in [0.29, 0.717) is 24.4 Å². The molecule has 2 atom stereocenters. The van der Waals surface area contributed by atoms with Gasteiger partial charge in [0.1, 0.15) is 17.9 Å². The van der Waals surface area contributed by atoms with Gasteiger partial charge in [-0.2, -0.15) is 0 Å². The zero-order chi connectivity index (χ0) is 20.8. The topological polar surface area (TPSA) is 58.6 Å². The van der Waals surface area contributed by atoms with Crippen molar-refractivity contribution in [2.24, 2.45) is 5.92 Å². The molecule has 0 unspecified atom stereocenters. The number of benzene rings is 2. The Kier molecular flexibility index (Phi) is 6.91. The fraction of sp³-hybridized carbons (Fsp3) is 0.417. The molecule has 0 bridgehead atoms. The van der Waals surface area contributed by atoms with Crippen LogP contribution in [0.1, 0.15) is 55.6 Å². The molecule has 5 heteroatoms. The summed E-state index contributed by atoms with van der Waals surface area (Å²) < 4.78 is 6.27. The molecule has 0 aliphatic carbocycles. The van der Waals surface area contributed by atoms with Crippen LogP contribution in [-0.2, 0) is 4.79 Å². The van der Waals surface area contributed by atoms with E-state index in [-0.39, 0.29) is 23.8 Å². The first-order chi connectivity index (χ1) is 14.0. The Morgan fingerprint density at radius 3 is 2.48 bits per heavy atom. The molecule has 1 aliphatic heterocycles. The summed E-state index contributed by atoms with van der Waals surface area (Å²) in [6.45, 7) is 7.17. The third-order valence-electron chi connectivity index (χ3n) is 5.28. The van der Waals surface area contributed by atoms with Crippen LogP contribution in [0, 0.1) is 5.92 Å². The fourth-order valence-electron chi connectivity index (χ4n) is 3.54. The van der Waals surface area contributed by atoms with E-state index in [1.807, 2.05) is 42.5 Å². The van der Waals surface area contributed by atoms with Gasteiger partial charge in [-0.15, -0.1) is 0 Å². The highest BCUT2D eigenvalue weighted by molar-refractivity contribution is 5.98. The molecule has 2 amide bonds. The number of para-hydroxylation sites is 1. The molecule has 0 radical (unpaired) electrons. The molecule has 2 aromatic rings. The van der Waals surface area contributed by atoms with Crippen molar-refractivity contribution >= 4 is 11.8 Å². The van der Waals surface area contributed by atoms with Gasteiger partial charge < -0.3 is 15.0 Å². The summed E-state index contributed by atoms with van der Waals surface area (Å²) in [5.74, 6) is 0.539. The second-order valence-electron chi connectivity index (χ2n) is 7.81. The first-order valence-electron chi connectivity index (χ1n) is 10.4. The van der Waals surface area contributed by atoms with Gasteiger partial charge in [0.15, 0.2) is 0 Å². The second-order valence-corrected chi connectivity index (χ2v) is 7.81. The number of amides is 2. The molecule has 154 valence electrons. The quantitative estimate of drug-likeness (QED) is 0.747. The van der Waals surface area contributed by atoms with Gasteiger partial charge in [-0.1, -0.05) is 63.6 Å². The molecule has 0 saturated carbocycles. The Hall–Kier alpha value is -2.82. The average molecular weight is 395 g/mol. The van der Waals surface area contributed by atoms with E-state index in [1.165, 1.54) is 0 Å². The average Bonchev–Trinajstić information content (AvgIpc) is 2.91. The molecule has 0 saturated heterocycles. The summed E-state index contributed by atoms with van der Waals surface area (Å²) in [7, 11) is 0. The molecule has 1 N–H and O–H groups in total. The van der Waals surface area contributed by atoms with Gasteiger partial charge in [-0.25, -0.2) is 0 Å². The lowest BCUT2D eigenvalue weighted by atomic mass is 10.0. The van der Waals surface area contributed by atoms with Crippen molar-refractivity contribution in [1.82, 2.24) is 10.2 Å². The zero-order valence-corrected chi connectivity index (χ0v) is 17.4. The van der Waals surface area contributed by atoms with Crippen molar-refractivity contribution in [2.75, 3.05) is 13.1 Å². The predicted octanol–water partition coefficient (Wildman–Crippen LogP) is 4.20. The van der Waals surface area contributed by atoms with Crippen molar-refractivity contribution in [3.8, 4) is 5.75 Å². The standard InChI is InChI=1S/C24H30N2O3/c1-4-5-15-25-23(27)22-19-13-9-10-14-20(19)29-21(17(2)3)16-26(22)24(28)18-11-7-6-8-12-18/h6-14,17,21-22H,4-5,15-16H2,1-3H3,(H,25,27)/t21-,22-/m1/s1. The highest BCUT2D eigenvalue weighted by Crippen LogP contribution is 2.36. The van der Waals surface area contributed by atoms with Crippen molar-refractivity contribution in [2.45, 2.75) is 45.8 Å². The maximum absolute atomic E-state index is 13.5. The Morgan fingerprint density at radius 1 is 1.10 bits per heavy atom. The van der Waals surface area contributed by atoms with Gasteiger partial charge in [0.25, 0.3) is 5.91 Å². The van der Waals surface area contributed by atoms with Crippen LogP contribution >= 0.6 is 0 Å². The SMILES string of the molecule is CCCCNC(=O)[C@H]1c2ccccc2O[C@@H](C(C)C)CN1C(=O)c1ccccc1. The van der Waals surface area contributed by atoms with Gasteiger partial charge in [0.2, 0.25) is 5.91 Å². The van der Waals surface area contributed by atoms with E-state index in [4.69, 9.17) is 4.74 Å². The molecule has 1 aliphatic rings. The summed E-state index contributed by atoms with van der Waals surface area (Å²) in [5.41, 5.74) is 1.30. The maximum atomic E-state index is 13.5. The van der Waals surface area contributed by atoms with E-state index < -0.39 is 6.04 Å². The smallest absolute Gasteiger partial charge is 0.254 e. The fourth-order valence-corrected chi connectivity index (χ4v) is 3.54. The van der Waals surface area contributed by atoms with Crippen LogP contribution in [-0.4, -0.2) is 35.9 Å². The van der Waals surface area contributed by atoms with E-state index in [0.717, 1.165) is 18.4 Å². The van der Waals surface area contributed by atoms with Gasteiger partial charge >= 0.3 is 0 Å². The lowest BCUT2D eigenvalue weighted by Crippen LogP contribution is -2.47. The molecule has 0 aromatic heterocycles. The maximum Gasteiger partial charge on any atom is 0.254 e. The van der Waals surface area contributed by atoms with Crippen molar-refractivity contribution in [1.29, 1.82) is 0 Å². The van der Waals surface area contributed by atoms with Gasteiger partial charge in [0, 0.05) is 17.7 Å². The summed E-state index contributed by atoms with van der Waals surface area (Å²) in [5, 5.41) is 3.01. The minimum atomic E-state index is -0.723. The summed E-state index contributed by atoms with van der Waals surface area (Å²) in [4.78, 5) is 28.4. The molecule has 5 nitrogen and oxygen atoms in total. The Balaban J connectivity index is 2.04. The summed E-state index contributed by atoms with van der Waals surface area (Å²) >= 11 is 0. The van der Waals surface area contributed by atoms with E-state index in [2.05, 4.69) is 26.1 Å². The number of carbonyl (C=O) groups excluding carboxylic acids is 2. The third kappa shape index (κ3) is 4.78. The number of nitrogens with zero attached hydrogens (tertiary/aromatic N) is 1. The van der Waals surface area contributed by atoms with Crippen LogP contribution in [0.25, 0.3) is 0 Å². The van der Waals surface area contributed by atoms with Gasteiger partial charge in [-0.3, -0.25) is 9.59 Å². The van der Waals surface area contributed by atoms with Crippen molar-refractivity contribution in [3.63, 3.8) is 0 Å². The molecule has 1 heterocycles. The number of carbonyl (C=O) groups is 2. The first kappa shape index (κ1) is 20.9. The molecule has 0 fully saturated rings. The lowest BCUT2D eigenvalue weighted by molar-refractivity contribution is -0.126. The monoisotopic (exact) mass is 394 g/mol. The van der Waals surface area contributed by atoms with E-state index in [1.54, 1.807) is 17.0 Å². The van der Waals surface area contributed by atoms with Crippen LogP contribution in [0.3, 0.4) is 0 Å². The Bertz CT molecular complexity index is 835. The number of fused-ring (bicyclic) bond motifs is 1. The minimum absolute atomic E-state index is 0.160. The summed E-state index contributed by atoms with van der Waals surface area (Å²) in [6, 6.07) is 16.0. The lowest BCUT2D eigenvalue weighted by Gasteiger charge is -2.31. The normalized spacial score (nSPS) is 18.6. The minimum Gasteiger partial charge on any atom is -0.488 e. The molecule has 3 rings (SSSR count). The third-order valence-corrected chi connectivity index (χ3v) is 5.28. The number of hydrogen-bond acceptors (Lipinski definition) is 3. The number of ether oxygens (including phenoxy) is 1. The largest absolute Gasteiger partial charge is 0.488 e. The number of hydrogen-bond donors (Lipinski definition) is 1. The van der Waals surface area contributed by atoms with Crippen LogP contribution in [0.4, 0.5) is 0 Å². The van der Waals surface area contributed by atoms with Crippen LogP contribution in [0.15, 0.2) is 54.6 Å². The Labute approximate surface area is 173 Å². The van der Waals surface area contributed by atoms with Crippen molar-refractivity contribution in [3.05, 3.63) is 65.7 Å². The number of rotatable bonds is 6. The molecule has 29 heavy (non-hydrogen) atoms. The van der Waals surface area contributed by atoms with Crippen LogP contribution in [0.5, 0.6) is 5.75 Å². The highest BCUT2D eigenvalue weighted by Gasteiger charge is 2.39. The van der Waals surface area contributed by atoms with Gasteiger partial charge in [-0.05, 0) is 30.5 Å². The predicted molar refractivity (Wildman–Crippen MR) is 114 cm³/mol. The summed E-state index contributed by atoms with van der Waals surface area (Å²) in [6.07, 6.45) is 1.70. The molecular weight excluding hydrogens is 364 g/mol. The number of nitrogens with one attached hydrogen (secondary N) is 1. The first-order valence-corrected chi connectivity index (χ1v) is 10.4. The highest BCUT2D eigenvalue weighted by atomic mass is 16.5.